The Balaban J connectivity index is 2.46. The van der Waals surface area contributed by atoms with Gasteiger partial charge in [0.25, 0.3) is 0 Å². The van der Waals surface area contributed by atoms with Crippen LogP contribution in [-0.2, 0) is 10.3 Å². The number of aliphatic carboxylic acids is 1. The third-order valence-electron chi connectivity index (χ3n) is 3.63. The zero-order valence-electron chi connectivity index (χ0n) is 12.1. The summed E-state index contributed by atoms with van der Waals surface area (Å²) < 4.78 is 0. The molecule has 0 aliphatic heterocycles. The van der Waals surface area contributed by atoms with Crippen molar-refractivity contribution in [1.29, 1.82) is 0 Å². The second-order valence-electron chi connectivity index (χ2n) is 5.11. The molecule has 0 fully saturated rings. The molecule has 0 aromatic heterocycles. The van der Waals surface area contributed by atoms with Gasteiger partial charge < -0.3 is 15.5 Å². The second-order valence-corrected chi connectivity index (χ2v) is 5.11. The van der Waals surface area contributed by atoms with Gasteiger partial charge in [-0.1, -0.05) is 31.2 Å². The summed E-state index contributed by atoms with van der Waals surface area (Å²) in [5.41, 5.74) is 1.20. The van der Waals surface area contributed by atoms with Crippen molar-refractivity contribution in [3.8, 4) is 5.75 Å². The zero-order valence-corrected chi connectivity index (χ0v) is 12.1. The van der Waals surface area contributed by atoms with Gasteiger partial charge in [-0.05, 0) is 48.7 Å². The van der Waals surface area contributed by atoms with Gasteiger partial charge in [-0.2, -0.15) is 0 Å². The molecule has 0 heterocycles. The number of hydrogen-bond acceptors (Lipinski definition) is 3. The number of carbonyl (C=O) groups is 1. The largest absolute Gasteiger partial charge is 0.508 e. The lowest BCUT2D eigenvalue weighted by Gasteiger charge is -2.31. The average Bonchev–Trinajstić information content (AvgIpc) is 2.45. The van der Waals surface area contributed by atoms with Gasteiger partial charge in [0.15, 0.2) is 5.54 Å². The molecule has 21 heavy (non-hydrogen) atoms. The summed E-state index contributed by atoms with van der Waals surface area (Å²) in [5.74, 6) is -0.832. The van der Waals surface area contributed by atoms with Crippen LogP contribution in [0.5, 0.6) is 5.75 Å². The maximum absolute atomic E-state index is 11.9. The van der Waals surface area contributed by atoms with E-state index in [4.69, 9.17) is 0 Å². The molecule has 1 atom stereocenters. The topological polar surface area (TPSA) is 69.6 Å². The smallest absolute Gasteiger partial charge is 0.334 e. The highest BCUT2D eigenvalue weighted by atomic mass is 16.4. The number of phenolic OH excluding ortho intramolecular Hbond substituents is 1. The van der Waals surface area contributed by atoms with Gasteiger partial charge in [-0.15, -0.1) is 0 Å². The fraction of sp³-hybridized carbons (Fsp3) is 0.235. The van der Waals surface area contributed by atoms with E-state index in [1.807, 2.05) is 38.1 Å². The number of hydrogen-bond donors (Lipinski definition) is 3. The predicted molar refractivity (Wildman–Crippen MR) is 82.5 cm³/mol. The van der Waals surface area contributed by atoms with Gasteiger partial charge >= 0.3 is 5.97 Å². The van der Waals surface area contributed by atoms with Crippen molar-refractivity contribution in [3.05, 3.63) is 59.7 Å². The normalized spacial score (nSPS) is 13.4. The van der Waals surface area contributed by atoms with Crippen LogP contribution in [0.3, 0.4) is 0 Å². The van der Waals surface area contributed by atoms with Gasteiger partial charge in [0, 0.05) is 5.69 Å². The van der Waals surface area contributed by atoms with E-state index in [-0.39, 0.29) is 5.75 Å². The Labute approximate surface area is 124 Å². The van der Waals surface area contributed by atoms with Crippen molar-refractivity contribution >= 4 is 11.7 Å². The molecule has 0 amide bonds. The van der Waals surface area contributed by atoms with Crippen molar-refractivity contribution in [1.82, 2.24) is 0 Å². The van der Waals surface area contributed by atoms with E-state index >= 15 is 0 Å². The Bertz CT molecular complexity index is 637. The Hall–Kier alpha value is -2.49. The molecule has 4 nitrogen and oxygen atoms in total. The summed E-state index contributed by atoms with van der Waals surface area (Å²) in [6.45, 7) is 3.78. The van der Waals surface area contributed by atoms with Crippen LogP contribution in [0.2, 0.25) is 0 Å². The lowest BCUT2D eigenvalue weighted by molar-refractivity contribution is -0.142. The van der Waals surface area contributed by atoms with E-state index in [1.165, 1.54) is 12.1 Å². The van der Waals surface area contributed by atoms with E-state index in [9.17, 15) is 15.0 Å². The summed E-state index contributed by atoms with van der Waals surface area (Å²) in [6.07, 6.45) is 0.376. The van der Waals surface area contributed by atoms with Crippen LogP contribution in [0, 0.1) is 6.92 Å². The second kappa shape index (κ2) is 5.87. The van der Waals surface area contributed by atoms with Crippen LogP contribution in [0.25, 0.3) is 0 Å². The fourth-order valence-electron chi connectivity index (χ4n) is 2.41. The Kier molecular flexibility index (Phi) is 4.17. The summed E-state index contributed by atoms with van der Waals surface area (Å²) in [4.78, 5) is 11.9. The molecule has 3 N–H and O–H groups in total. The number of aryl methyl sites for hydroxylation is 1. The molecule has 0 aliphatic carbocycles. The number of rotatable bonds is 5. The van der Waals surface area contributed by atoms with E-state index < -0.39 is 11.5 Å². The summed E-state index contributed by atoms with van der Waals surface area (Å²) >= 11 is 0. The molecule has 0 bridgehead atoms. The maximum atomic E-state index is 11.9. The Morgan fingerprint density at radius 3 is 2.38 bits per heavy atom. The first kappa shape index (κ1) is 14.9. The standard InChI is InChI=1S/C17H19NO3/c1-3-17(16(20)21,13-7-9-15(19)10-8-13)18-14-6-4-5-12(2)11-14/h4-11,18-19H,3H2,1-2H3,(H,20,21). The van der Waals surface area contributed by atoms with Crippen molar-refractivity contribution in [2.75, 3.05) is 5.32 Å². The SMILES string of the molecule is CCC(Nc1cccc(C)c1)(C(=O)O)c1ccc(O)cc1. The average molecular weight is 285 g/mol. The van der Waals surface area contributed by atoms with Gasteiger partial charge in [0.2, 0.25) is 0 Å². The third kappa shape index (κ3) is 2.99. The highest BCUT2D eigenvalue weighted by molar-refractivity contribution is 5.84. The van der Waals surface area contributed by atoms with Crippen molar-refractivity contribution in [2.45, 2.75) is 25.8 Å². The minimum Gasteiger partial charge on any atom is -0.508 e. The van der Waals surface area contributed by atoms with Crippen LogP contribution in [0.4, 0.5) is 5.69 Å². The fourth-order valence-corrected chi connectivity index (χ4v) is 2.41. The van der Waals surface area contributed by atoms with Crippen molar-refractivity contribution < 1.29 is 15.0 Å². The van der Waals surface area contributed by atoms with E-state index in [1.54, 1.807) is 12.1 Å². The lowest BCUT2D eigenvalue weighted by Crippen LogP contribution is -2.43. The number of benzene rings is 2. The first-order valence-corrected chi connectivity index (χ1v) is 6.85. The monoisotopic (exact) mass is 285 g/mol. The molecule has 0 radical (unpaired) electrons. The predicted octanol–water partition coefficient (Wildman–Crippen LogP) is 3.50. The quantitative estimate of drug-likeness (QED) is 0.786. The summed E-state index contributed by atoms with van der Waals surface area (Å²) in [5, 5.41) is 22.3. The highest BCUT2D eigenvalue weighted by Crippen LogP contribution is 2.31. The maximum Gasteiger partial charge on any atom is 0.334 e. The first-order valence-electron chi connectivity index (χ1n) is 6.85. The Morgan fingerprint density at radius 1 is 1.19 bits per heavy atom. The molecule has 4 heteroatoms. The number of carboxylic acid groups (broad SMARTS) is 1. The zero-order chi connectivity index (χ0) is 15.5. The number of anilines is 1. The van der Waals surface area contributed by atoms with Gasteiger partial charge in [-0.3, -0.25) is 0 Å². The molecule has 2 aromatic carbocycles. The molecule has 110 valence electrons. The molecule has 0 aliphatic rings. The van der Waals surface area contributed by atoms with E-state index in [0.29, 0.717) is 12.0 Å². The number of aromatic hydroxyl groups is 1. The molecule has 2 rings (SSSR count). The summed E-state index contributed by atoms with van der Waals surface area (Å²) in [7, 11) is 0. The number of phenols is 1. The minimum absolute atomic E-state index is 0.115. The van der Waals surface area contributed by atoms with Gasteiger partial charge in [0.05, 0.1) is 0 Å². The van der Waals surface area contributed by atoms with Crippen LogP contribution < -0.4 is 5.32 Å². The molecule has 0 spiro atoms. The lowest BCUT2D eigenvalue weighted by atomic mass is 9.86. The summed E-state index contributed by atoms with van der Waals surface area (Å²) in [6, 6.07) is 13.9. The van der Waals surface area contributed by atoms with Crippen LogP contribution >= 0.6 is 0 Å². The van der Waals surface area contributed by atoms with Crippen LogP contribution in [-0.4, -0.2) is 16.2 Å². The molecule has 0 saturated heterocycles. The Morgan fingerprint density at radius 2 is 1.86 bits per heavy atom. The van der Waals surface area contributed by atoms with Crippen molar-refractivity contribution in [2.24, 2.45) is 0 Å². The first-order chi connectivity index (χ1) is 9.98. The molecule has 1 unspecified atom stereocenters. The molecular weight excluding hydrogens is 266 g/mol. The van der Waals surface area contributed by atoms with Gasteiger partial charge in [-0.25, -0.2) is 4.79 Å². The van der Waals surface area contributed by atoms with Crippen LogP contribution in [0.15, 0.2) is 48.5 Å². The van der Waals surface area contributed by atoms with Crippen molar-refractivity contribution in [3.63, 3.8) is 0 Å². The number of carboxylic acids is 1. The van der Waals surface area contributed by atoms with E-state index in [0.717, 1.165) is 11.3 Å². The molecular formula is C17H19NO3. The highest BCUT2D eigenvalue weighted by Gasteiger charge is 2.38. The molecule has 0 saturated carbocycles. The van der Waals surface area contributed by atoms with E-state index in [2.05, 4.69) is 5.32 Å². The van der Waals surface area contributed by atoms with Crippen LogP contribution in [0.1, 0.15) is 24.5 Å². The number of nitrogens with one attached hydrogen (secondary N) is 1. The molecule has 2 aromatic rings. The van der Waals surface area contributed by atoms with Gasteiger partial charge in [0.1, 0.15) is 5.75 Å². The minimum atomic E-state index is -1.22. The third-order valence-corrected chi connectivity index (χ3v) is 3.63.